The predicted octanol–water partition coefficient (Wildman–Crippen LogP) is 1.39. The highest BCUT2D eigenvalue weighted by Crippen LogP contribution is 2.18. The Kier molecular flexibility index (Phi) is 5.14. The highest BCUT2D eigenvalue weighted by atomic mass is 16.2. The summed E-state index contributed by atoms with van der Waals surface area (Å²) in [5.74, 6) is -2.36. The Balaban J connectivity index is 2.15. The average molecular weight is 314 g/mol. The fourth-order valence-corrected chi connectivity index (χ4v) is 2.17. The Morgan fingerprint density at radius 3 is 2.61 bits per heavy atom. The molecule has 1 heterocycles. The summed E-state index contributed by atoms with van der Waals surface area (Å²) in [5, 5.41) is 2.18. The molecule has 1 fully saturated rings. The monoisotopic (exact) mass is 314 g/mol. The normalized spacial score (nSPS) is 18.5. The van der Waals surface area contributed by atoms with E-state index in [1.165, 1.54) is 6.08 Å². The lowest BCUT2D eigenvalue weighted by Gasteiger charge is -2.31. The molecule has 7 nitrogen and oxygen atoms in total. The van der Waals surface area contributed by atoms with E-state index < -0.39 is 23.8 Å². The fourth-order valence-electron chi connectivity index (χ4n) is 2.17. The molecule has 0 aliphatic carbocycles. The van der Waals surface area contributed by atoms with Crippen LogP contribution in [0.4, 0.5) is 10.5 Å². The molecule has 1 aromatic carbocycles. The third kappa shape index (κ3) is 3.57. The zero-order valence-corrected chi connectivity index (χ0v) is 12.7. The van der Waals surface area contributed by atoms with Crippen molar-refractivity contribution in [3.05, 3.63) is 54.8 Å². The molecule has 7 heteroatoms. The molecule has 120 valence electrons. The molecule has 0 spiro atoms. The van der Waals surface area contributed by atoms with E-state index in [-0.39, 0.29) is 6.54 Å². The second kappa shape index (κ2) is 7.26. The summed E-state index contributed by atoms with van der Waals surface area (Å²) in [7, 11) is 0. The lowest BCUT2D eigenvalue weighted by Crippen LogP contribution is -2.59. The maximum atomic E-state index is 12.4. The third-order valence-corrected chi connectivity index (χ3v) is 3.31. The average Bonchev–Trinajstić information content (AvgIpc) is 2.55. The number of hydrogen-bond acceptors (Lipinski definition) is 5. The summed E-state index contributed by atoms with van der Waals surface area (Å²) >= 11 is 0. The quantitative estimate of drug-likeness (QED) is 0.419. The largest absolute Gasteiger partial charge is 0.331 e. The van der Waals surface area contributed by atoms with Gasteiger partial charge in [-0.3, -0.25) is 19.8 Å². The van der Waals surface area contributed by atoms with Crippen molar-refractivity contribution in [1.29, 1.82) is 0 Å². The summed E-state index contributed by atoms with van der Waals surface area (Å²) in [6.07, 6.45) is 3.04. The summed E-state index contributed by atoms with van der Waals surface area (Å²) in [6, 6.07) is 8.50. The van der Waals surface area contributed by atoms with E-state index >= 15 is 0 Å². The Bertz CT molecular complexity index is 655. The number of rotatable bonds is 6. The van der Waals surface area contributed by atoms with Crippen molar-refractivity contribution in [3.63, 3.8) is 0 Å². The fraction of sp³-hybridized carbons (Fsp3) is 0.188. The van der Waals surface area contributed by atoms with E-state index in [4.69, 9.17) is 0 Å². The van der Waals surface area contributed by atoms with E-state index in [0.717, 1.165) is 10.6 Å². The first-order valence-corrected chi connectivity index (χ1v) is 7.09. The van der Waals surface area contributed by atoms with E-state index in [1.54, 1.807) is 13.0 Å². The van der Waals surface area contributed by atoms with Gasteiger partial charge in [0.15, 0.2) is 5.92 Å². The number of anilines is 1. The lowest BCUT2D eigenvalue weighted by molar-refractivity contribution is -0.140. The van der Waals surface area contributed by atoms with Crippen LogP contribution in [0.1, 0.15) is 6.92 Å². The molecule has 0 unspecified atom stereocenters. The van der Waals surface area contributed by atoms with Crippen molar-refractivity contribution in [1.82, 2.24) is 15.6 Å². The first-order valence-electron chi connectivity index (χ1n) is 7.09. The van der Waals surface area contributed by atoms with Crippen molar-refractivity contribution in [2.24, 2.45) is 5.92 Å². The van der Waals surface area contributed by atoms with Gasteiger partial charge in [0.2, 0.25) is 11.8 Å². The minimum absolute atomic E-state index is 0.0392. The van der Waals surface area contributed by atoms with Crippen molar-refractivity contribution < 1.29 is 14.4 Å². The van der Waals surface area contributed by atoms with Gasteiger partial charge in [0.05, 0.1) is 5.69 Å². The second-order valence-corrected chi connectivity index (χ2v) is 4.82. The number of nitrogens with one attached hydrogen (secondary N) is 3. The van der Waals surface area contributed by atoms with Crippen LogP contribution < -0.4 is 16.2 Å². The van der Waals surface area contributed by atoms with Crippen molar-refractivity contribution in [2.45, 2.75) is 6.92 Å². The van der Waals surface area contributed by atoms with E-state index in [0.29, 0.717) is 5.70 Å². The van der Waals surface area contributed by atoms with Gasteiger partial charge in [-0.05, 0) is 19.1 Å². The van der Waals surface area contributed by atoms with Crippen LogP contribution in [0.15, 0.2) is 54.8 Å². The van der Waals surface area contributed by atoms with E-state index in [2.05, 4.69) is 22.7 Å². The molecule has 0 saturated carbocycles. The molecule has 1 aromatic rings. The van der Waals surface area contributed by atoms with Crippen molar-refractivity contribution >= 4 is 23.5 Å². The molecule has 0 aromatic heterocycles. The number of hydrazine groups is 1. The smallest absolute Gasteiger partial charge is 0.304 e. The van der Waals surface area contributed by atoms with Crippen LogP contribution in [0.3, 0.4) is 0 Å². The standard InChI is InChI=1S/C16H18N4O3/c1-3-10-20-15(22)13(14(21)17-16(20)23)12(4-2)19-18-11-8-6-5-7-9-11/h3-9,13,18-19H,1,10H2,2H3,(H,17,21,23)/b12-4-/t13-/m1/s1. The zero-order chi connectivity index (χ0) is 16.8. The van der Waals surface area contributed by atoms with Crippen LogP contribution in [0.2, 0.25) is 0 Å². The molecular weight excluding hydrogens is 296 g/mol. The number of amides is 4. The molecule has 1 atom stereocenters. The Morgan fingerprint density at radius 2 is 2.00 bits per heavy atom. The van der Waals surface area contributed by atoms with Crippen LogP contribution in [0.25, 0.3) is 0 Å². The highest BCUT2D eigenvalue weighted by molar-refractivity contribution is 6.17. The van der Waals surface area contributed by atoms with Gasteiger partial charge in [-0.25, -0.2) is 4.79 Å². The van der Waals surface area contributed by atoms with Gasteiger partial charge in [0, 0.05) is 12.2 Å². The minimum Gasteiger partial charge on any atom is -0.304 e. The van der Waals surface area contributed by atoms with Gasteiger partial charge in [-0.2, -0.15) is 0 Å². The van der Waals surface area contributed by atoms with E-state index in [9.17, 15) is 14.4 Å². The Hall–Kier alpha value is -3.09. The van der Waals surface area contributed by atoms with E-state index in [1.807, 2.05) is 30.3 Å². The highest BCUT2D eigenvalue weighted by Gasteiger charge is 2.42. The number of nitrogens with zero attached hydrogens (tertiary/aromatic N) is 1. The number of carbonyl (C=O) groups excluding carboxylic acids is 3. The predicted molar refractivity (Wildman–Crippen MR) is 85.9 cm³/mol. The number of benzene rings is 1. The molecular formula is C16H18N4O3. The van der Waals surface area contributed by atoms with Crippen LogP contribution in [-0.2, 0) is 9.59 Å². The van der Waals surface area contributed by atoms with Gasteiger partial charge in [-0.1, -0.05) is 30.4 Å². The van der Waals surface area contributed by atoms with Crippen molar-refractivity contribution in [2.75, 3.05) is 12.0 Å². The maximum Gasteiger partial charge on any atom is 0.331 e. The number of urea groups is 1. The van der Waals surface area contributed by atoms with Crippen LogP contribution >= 0.6 is 0 Å². The maximum absolute atomic E-state index is 12.4. The number of carbonyl (C=O) groups is 3. The summed E-state index contributed by atoms with van der Waals surface area (Å²) in [6.45, 7) is 5.24. The molecule has 23 heavy (non-hydrogen) atoms. The minimum atomic E-state index is -1.12. The summed E-state index contributed by atoms with van der Waals surface area (Å²) < 4.78 is 0. The van der Waals surface area contributed by atoms with Gasteiger partial charge in [-0.15, -0.1) is 6.58 Å². The topological polar surface area (TPSA) is 90.5 Å². The van der Waals surface area contributed by atoms with Crippen LogP contribution in [-0.4, -0.2) is 29.3 Å². The van der Waals surface area contributed by atoms with Gasteiger partial charge >= 0.3 is 6.03 Å². The first kappa shape index (κ1) is 16.3. The number of barbiturate groups is 1. The van der Waals surface area contributed by atoms with Crippen molar-refractivity contribution in [3.8, 4) is 0 Å². The summed E-state index contributed by atoms with van der Waals surface area (Å²) in [4.78, 5) is 37.2. The van der Waals surface area contributed by atoms with Gasteiger partial charge in [0.1, 0.15) is 0 Å². The molecule has 2 rings (SSSR count). The van der Waals surface area contributed by atoms with Gasteiger partial charge < -0.3 is 10.9 Å². The SMILES string of the molecule is C=CCN1C(=O)NC(=O)[C@@H](/C(=C/C)NNc2ccccc2)C1=O. The summed E-state index contributed by atoms with van der Waals surface area (Å²) in [5.41, 5.74) is 6.91. The number of allylic oxidation sites excluding steroid dienone is 1. The Labute approximate surface area is 134 Å². The van der Waals surface area contributed by atoms with Gasteiger partial charge in [0.25, 0.3) is 0 Å². The molecule has 1 aliphatic heterocycles. The zero-order valence-electron chi connectivity index (χ0n) is 12.7. The number of para-hydroxylation sites is 1. The molecule has 0 bridgehead atoms. The third-order valence-electron chi connectivity index (χ3n) is 3.31. The number of imide groups is 2. The molecule has 1 saturated heterocycles. The molecule has 1 aliphatic rings. The van der Waals surface area contributed by atoms with Crippen LogP contribution in [0.5, 0.6) is 0 Å². The Morgan fingerprint density at radius 1 is 1.30 bits per heavy atom. The number of hydrogen-bond donors (Lipinski definition) is 3. The molecule has 0 radical (unpaired) electrons. The second-order valence-electron chi connectivity index (χ2n) is 4.82. The lowest BCUT2D eigenvalue weighted by atomic mass is 10.0. The first-order chi connectivity index (χ1) is 11.1. The molecule has 4 amide bonds. The van der Waals surface area contributed by atoms with Crippen LogP contribution in [0, 0.1) is 5.92 Å². The molecule has 3 N–H and O–H groups in total.